The number of rotatable bonds is 38. The van der Waals surface area contributed by atoms with Crippen LogP contribution < -0.4 is 49.5 Å². The van der Waals surface area contributed by atoms with E-state index in [0.717, 1.165) is 5.56 Å². The van der Waals surface area contributed by atoms with Crippen molar-refractivity contribution in [1.29, 1.82) is 0 Å². The molecular formula is C61H81N11O12. The van der Waals surface area contributed by atoms with Gasteiger partial charge >= 0.3 is 0 Å². The molecule has 15 N–H and O–H groups in total. The lowest BCUT2D eigenvalue weighted by atomic mass is 9.88. The van der Waals surface area contributed by atoms with Gasteiger partial charge in [0.25, 0.3) is 0 Å². The molecule has 4 rings (SSSR count). The molecule has 0 aliphatic rings. The van der Waals surface area contributed by atoms with E-state index in [9.17, 15) is 58.2 Å². The summed E-state index contributed by atoms with van der Waals surface area (Å²) in [6.45, 7) is 2.52. The maximum absolute atomic E-state index is 14.1. The van der Waals surface area contributed by atoms with Gasteiger partial charge in [-0.1, -0.05) is 86.6 Å². The molecule has 0 radical (unpaired) electrons. The van der Waals surface area contributed by atoms with Gasteiger partial charge in [0.1, 0.15) is 11.8 Å². The first-order valence-corrected chi connectivity index (χ1v) is 28.0. The van der Waals surface area contributed by atoms with Gasteiger partial charge in [0, 0.05) is 75.8 Å². The first-order chi connectivity index (χ1) is 40.0. The van der Waals surface area contributed by atoms with Gasteiger partial charge in [-0.15, -0.1) is 0 Å². The second-order valence-corrected chi connectivity index (χ2v) is 21.4. The van der Waals surface area contributed by atoms with E-state index in [2.05, 4.69) is 36.6 Å². The predicted molar refractivity (Wildman–Crippen MR) is 314 cm³/mol. The third kappa shape index (κ3) is 24.4. The molecule has 0 saturated heterocycles. The topological polar surface area (TPSA) is 401 Å². The Labute approximate surface area is 489 Å². The number of primary amides is 2. The molecule has 1 heterocycles. The molecule has 8 atom stereocenters. The molecule has 0 aliphatic heterocycles. The highest BCUT2D eigenvalue weighted by Gasteiger charge is 2.35. The number of aliphatic imine (C=N–C) groups is 1. The van der Waals surface area contributed by atoms with Crippen molar-refractivity contribution in [3.05, 3.63) is 132 Å². The van der Waals surface area contributed by atoms with E-state index in [1.807, 2.05) is 32.0 Å². The van der Waals surface area contributed by atoms with Crippen LogP contribution in [0.15, 0.2) is 114 Å². The number of phenols is 1. The van der Waals surface area contributed by atoms with Crippen LogP contribution in [-0.2, 0) is 73.6 Å². The molecule has 6 amide bonds. The standard InChI is InChI=1S/C61H81N11O12/c1-37(2)25-43(58(82)70-49(15-10-22-68-61(65)66-3)52(76)31-42(56(64)80)26-38-11-6-4-7-12-38)30-47(75)35-69-57(81)44(27-39-13-8-5-9-14-39)32-54(78)51(36-73)72-59(83)45(34-55(63)79)33-53(77)50(29-41-20-23-67-24-21-41)71-60(84)48(62)28-40-16-18-46(74)19-17-40/h4-9,11-14,16-21,23-24,37,42-45,48-51,73-74H,10,15,22,25-36,62H2,1-3H3,(H2,63,79)(H2,64,80)(H,69,81)(H,70,82)(H,71,84)(H,72,83)(H3,65,66,68)/t42-,43-,44-,45+,48-,49+,50?,51+/m1/s1. The van der Waals surface area contributed by atoms with Gasteiger partial charge in [-0.25, -0.2) is 0 Å². The van der Waals surface area contributed by atoms with Crippen LogP contribution in [0.4, 0.5) is 0 Å². The van der Waals surface area contributed by atoms with E-state index in [1.165, 1.54) is 31.6 Å². The minimum Gasteiger partial charge on any atom is -0.508 e. The number of aliphatic hydroxyl groups excluding tert-OH is 1. The van der Waals surface area contributed by atoms with Gasteiger partial charge in [-0.2, -0.15) is 0 Å². The molecular weight excluding hydrogens is 1080 g/mol. The molecule has 23 heteroatoms. The zero-order valence-electron chi connectivity index (χ0n) is 47.9. The second-order valence-electron chi connectivity index (χ2n) is 21.4. The fourth-order valence-corrected chi connectivity index (χ4v) is 9.49. The Bertz CT molecular complexity index is 2860. The number of amides is 6. The zero-order valence-corrected chi connectivity index (χ0v) is 47.9. The van der Waals surface area contributed by atoms with Crippen LogP contribution in [0, 0.1) is 29.6 Å². The van der Waals surface area contributed by atoms with Crippen LogP contribution in [0.25, 0.3) is 0 Å². The summed E-state index contributed by atoms with van der Waals surface area (Å²) in [5.74, 6) is -11.5. The van der Waals surface area contributed by atoms with Crippen LogP contribution in [0.2, 0.25) is 0 Å². The van der Waals surface area contributed by atoms with Crippen molar-refractivity contribution in [3.63, 3.8) is 0 Å². The number of nitrogens with one attached hydrogen (secondary N) is 5. The maximum atomic E-state index is 14.1. The number of Topliss-reactive ketones (excluding diaryl/α,β-unsaturated/α-hetero) is 4. The van der Waals surface area contributed by atoms with E-state index in [0.29, 0.717) is 29.7 Å². The van der Waals surface area contributed by atoms with Crippen LogP contribution in [0.5, 0.6) is 5.75 Å². The number of ketones is 4. The van der Waals surface area contributed by atoms with Crippen molar-refractivity contribution in [2.75, 3.05) is 26.7 Å². The highest BCUT2D eigenvalue weighted by molar-refractivity contribution is 5.98. The molecule has 1 unspecified atom stereocenters. The number of carbonyl (C=O) groups excluding carboxylic acids is 10. The van der Waals surface area contributed by atoms with Crippen molar-refractivity contribution < 1.29 is 58.2 Å². The predicted octanol–water partition coefficient (Wildman–Crippen LogP) is 0.971. The number of nitrogens with two attached hydrogens (primary N) is 4. The zero-order chi connectivity index (χ0) is 61.7. The first kappa shape index (κ1) is 67.8. The summed E-state index contributed by atoms with van der Waals surface area (Å²) in [6, 6.07) is 21.9. The van der Waals surface area contributed by atoms with Gasteiger partial charge in [-0.3, -0.25) is 57.9 Å². The Morgan fingerprint density at radius 1 is 0.548 bits per heavy atom. The highest BCUT2D eigenvalue weighted by atomic mass is 16.3. The fourth-order valence-electron chi connectivity index (χ4n) is 9.49. The minimum absolute atomic E-state index is 0.0157. The normalized spacial score (nSPS) is 14.2. The average Bonchev–Trinajstić information content (AvgIpc) is 3.51. The average molecular weight is 1160 g/mol. The third-order valence-corrected chi connectivity index (χ3v) is 14.1. The molecule has 452 valence electrons. The molecule has 0 spiro atoms. The Morgan fingerprint density at radius 2 is 1.06 bits per heavy atom. The fraction of sp³-hybridized carbons (Fsp3) is 0.443. The number of hydrogen-bond acceptors (Lipinski definition) is 15. The number of nitrogens with zero attached hydrogens (tertiary/aromatic N) is 2. The molecule has 4 aromatic rings. The summed E-state index contributed by atoms with van der Waals surface area (Å²) in [4.78, 5) is 144. The van der Waals surface area contributed by atoms with Gasteiger partial charge < -0.3 is 59.7 Å². The van der Waals surface area contributed by atoms with Crippen molar-refractivity contribution >= 4 is 64.5 Å². The minimum atomic E-state index is -1.64. The van der Waals surface area contributed by atoms with Crippen LogP contribution >= 0.6 is 0 Å². The highest BCUT2D eigenvalue weighted by Crippen LogP contribution is 2.22. The van der Waals surface area contributed by atoms with E-state index in [1.54, 1.807) is 66.7 Å². The Morgan fingerprint density at radius 3 is 1.63 bits per heavy atom. The third-order valence-electron chi connectivity index (χ3n) is 14.1. The molecule has 0 aliphatic carbocycles. The summed E-state index contributed by atoms with van der Waals surface area (Å²) >= 11 is 0. The molecule has 0 fully saturated rings. The lowest BCUT2D eigenvalue weighted by molar-refractivity contribution is -0.136. The van der Waals surface area contributed by atoms with Crippen molar-refractivity contribution in [2.24, 2.45) is 57.5 Å². The van der Waals surface area contributed by atoms with Gasteiger partial charge in [-0.05, 0) is 97.4 Å². The summed E-state index contributed by atoms with van der Waals surface area (Å²) in [5, 5.41) is 33.6. The number of aromatic hydroxyl groups is 1. The van der Waals surface area contributed by atoms with Crippen LogP contribution in [-0.4, -0.2) is 131 Å². The van der Waals surface area contributed by atoms with Gasteiger partial charge in [0.2, 0.25) is 35.4 Å². The van der Waals surface area contributed by atoms with Crippen molar-refractivity contribution in [3.8, 4) is 5.75 Å². The van der Waals surface area contributed by atoms with Gasteiger partial charge in [0.05, 0.1) is 37.2 Å². The summed E-state index contributed by atoms with van der Waals surface area (Å²) in [6.07, 6.45) is 1.41. The molecule has 1 aromatic heterocycles. The van der Waals surface area contributed by atoms with Crippen molar-refractivity contribution in [2.45, 2.75) is 115 Å². The van der Waals surface area contributed by atoms with Crippen LogP contribution in [0.1, 0.15) is 87.5 Å². The second kappa shape index (κ2) is 35.3. The number of aromatic nitrogens is 1. The Kier molecular flexibility index (Phi) is 28.5. The SMILES string of the molecule is CN=C(N)NCCC[C@H](NC(=O)[C@@H](CC(=O)CNC(=O)[C@@H](CC(=O)[C@H](CO)NC(=O)[C@H](CC(N)=O)CC(=O)C(Cc1ccncc1)NC(=O)[C@H](N)Cc1ccc(O)cc1)Cc1ccccc1)CC(C)C)C(=O)C[C@@H](Cc1ccccc1)C(N)=O. The molecule has 84 heavy (non-hydrogen) atoms. The van der Waals surface area contributed by atoms with E-state index in [4.69, 9.17) is 22.9 Å². The smallest absolute Gasteiger partial charge is 0.237 e. The largest absolute Gasteiger partial charge is 0.508 e. The van der Waals surface area contributed by atoms with E-state index < -0.39 is 139 Å². The number of aliphatic hydroxyl groups is 1. The molecule has 23 nitrogen and oxygen atoms in total. The monoisotopic (exact) mass is 1160 g/mol. The first-order valence-electron chi connectivity index (χ1n) is 28.0. The molecule has 0 bridgehead atoms. The Balaban J connectivity index is 1.47. The van der Waals surface area contributed by atoms with E-state index in [-0.39, 0.29) is 69.0 Å². The van der Waals surface area contributed by atoms with Gasteiger partial charge in [0.15, 0.2) is 29.1 Å². The quantitative estimate of drug-likeness (QED) is 0.0169. The van der Waals surface area contributed by atoms with Crippen molar-refractivity contribution in [1.82, 2.24) is 31.6 Å². The summed E-state index contributed by atoms with van der Waals surface area (Å²) in [7, 11) is 1.51. The molecule has 3 aromatic carbocycles. The summed E-state index contributed by atoms with van der Waals surface area (Å²) < 4.78 is 0. The molecule has 0 saturated carbocycles. The number of pyridine rings is 1. The lowest BCUT2D eigenvalue weighted by Crippen LogP contribution is -2.51. The Hall–Kier alpha value is -8.70. The lowest BCUT2D eigenvalue weighted by Gasteiger charge is -2.25. The number of phenolic OH excluding ortho intramolecular Hbond substituents is 1. The van der Waals surface area contributed by atoms with Crippen LogP contribution in [0.3, 0.4) is 0 Å². The number of guanidine groups is 1. The summed E-state index contributed by atoms with van der Waals surface area (Å²) in [5.41, 5.74) is 26.0. The number of benzene rings is 3. The van der Waals surface area contributed by atoms with E-state index >= 15 is 0 Å². The number of hydrogen-bond donors (Lipinski definition) is 11. The number of carbonyl (C=O) groups is 10. The maximum Gasteiger partial charge on any atom is 0.237 e.